The first-order valence-corrected chi connectivity index (χ1v) is 14.4. The van der Waals surface area contributed by atoms with Gasteiger partial charge in [-0.2, -0.15) is 0 Å². The Bertz CT molecular complexity index is 1060. The summed E-state index contributed by atoms with van der Waals surface area (Å²) in [7, 11) is 1.37. The zero-order valence-electron chi connectivity index (χ0n) is 23.4. The van der Waals surface area contributed by atoms with Gasteiger partial charge in [0.15, 0.2) is 11.6 Å². The first kappa shape index (κ1) is 29.2. The highest BCUT2D eigenvalue weighted by atomic mass is 19.1. The van der Waals surface area contributed by atoms with Crippen LogP contribution in [0.2, 0.25) is 0 Å². The number of carbonyl (C=O) groups excluding carboxylic acids is 2. The molecule has 0 spiro atoms. The van der Waals surface area contributed by atoms with Gasteiger partial charge in [-0.05, 0) is 69.8 Å². The van der Waals surface area contributed by atoms with Crippen molar-refractivity contribution in [2.45, 2.75) is 103 Å². The maximum atomic E-state index is 14.9. The van der Waals surface area contributed by atoms with Crippen molar-refractivity contribution < 1.29 is 33.4 Å². The summed E-state index contributed by atoms with van der Waals surface area (Å²) in [5.74, 6) is -2.24. The third-order valence-electron chi connectivity index (χ3n) is 9.26. The van der Waals surface area contributed by atoms with Gasteiger partial charge in [0.25, 0.3) is 5.91 Å². The molecule has 216 valence electrons. The molecule has 0 unspecified atom stereocenters. The average molecular weight is 547 g/mol. The van der Waals surface area contributed by atoms with Crippen LogP contribution in [-0.4, -0.2) is 48.7 Å². The van der Waals surface area contributed by atoms with E-state index in [2.05, 4.69) is 17.6 Å². The van der Waals surface area contributed by atoms with Crippen LogP contribution in [0.1, 0.15) is 101 Å². The number of hydrogen-bond donors (Lipinski definition) is 3. The molecule has 0 radical (unpaired) electrons. The third-order valence-corrected chi connectivity index (χ3v) is 9.26. The van der Waals surface area contributed by atoms with E-state index in [-0.39, 0.29) is 46.4 Å². The van der Waals surface area contributed by atoms with Gasteiger partial charge in [-0.25, -0.2) is 4.39 Å². The third kappa shape index (κ3) is 6.84. The lowest BCUT2D eigenvalue weighted by Crippen LogP contribution is -2.46. The highest BCUT2D eigenvalue weighted by molar-refractivity contribution is 5.98. The molecule has 0 bridgehead atoms. The highest BCUT2D eigenvalue weighted by Crippen LogP contribution is 2.39. The minimum absolute atomic E-state index is 0.0228. The largest absolute Gasteiger partial charge is 0.496 e. The zero-order valence-corrected chi connectivity index (χ0v) is 23.4. The molecule has 0 saturated heterocycles. The van der Waals surface area contributed by atoms with E-state index in [4.69, 9.17) is 9.47 Å². The van der Waals surface area contributed by atoms with E-state index < -0.39 is 23.1 Å². The van der Waals surface area contributed by atoms with Crippen molar-refractivity contribution in [3.8, 4) is 11.5 Å². The van der Waals surface area contributed by atoms with Crippen molar-refractivity contribution in [1.29, 1.82) is 0 Å². The van der Waals surface area contributed by atoms with Crippen LogP contribution in [0.15, 0.2) is 12.1 Å². The molecule has 9 heteroatoms. The van der Waals surface area contributed by atoms with Gasteiger partial charge in [0.05, 0.1) is 30.1 Å². The van der Waals surface area contributed by atoms with Gasteiger partial charge in [0.1, 0.15) is 5.75 Å². The lowest BCUT2D eigenvalue weighted by atomic mass is 9.75. The number of rotatable bonds is 9. The first-order chi connectivity index (χ1) is 18.5. The Hall–Kier alpha value is -2.84. The normalized spacial score (nSPS) is 28.4. The van der Waals surface area contributed by atoms with Gasteiger partial charge >= 0.3 is 5.97 Å². The van der Waals surface area contributed by atoms with Crippen molar-refractivity contribution in [2.24, 2.45) is 16.7 Å². The lowest BCUT2D eigenvalue weighted by molar-refractivity contribution is -0.150. The van der Waals surface area contributed by atoms with E-state index >= 15 is 0 Å². The van der Waals surface area contributed by atoms with Crippen LogP contribution < -0.4 is 20.1 Å². The number of carboxylic acids is 1. The molecule has 3 N–H and O–H groups in total. The van der Waals surface area contributed by atoms with Gasteiger partial charge in [-0.1, -0.05) is 32.6 Å². The Morgan fingerprint density at radius 3 is 2.31 bits per heavy atom. The second-order valence-corrected chi connectivity index (χ2v) is 12.4. The van der Waals surface area contributed by atoms with Crippen LogP contribution in [0.25, 0.3) is 0 Å². The Labute approximate surface area is 230 Å². The minimum Gasteiger partial charge on any atom is -0.496 e. The number of nitrogens with one attached hydrogen (secondary N) is 2. The molecule has 0 heterocycles. The first-order valence-electron chi connectivity index (χ1n) is 14.4. The van der Waals surface area contributed by atoms with E-state index in [1.54, 1.807) is 6.92 Å². The zero-order chi connectivity index (χ0) is 28.2. The number of methoxy groups -OCH3 is 1. The Morgan fingerprint density at radius 2 is 1.67 bits per heavy atom. The van der Waals surface area contributed by atoms with Crippen molar-refractivity contribution in [1.82, 2.24) is 10.6 Å². The summed E-state index contributed by atoms with van der Waals surface area (Å²) in [5, 5.41) is 15.6. The van der Waals surface area contributed by atoms with Crippen LogP contribution in [0.4, 0.5) is 4.39 Å². The van der Waals surface area contributed by atoms with Crippen LogP contribution in [0.3, 0.4) is 0 Å². The number of halogens is 1. The molecule has 1 aromatic carbocycles. The standard InChI is InChI=1S/C30H43FN2O6/c1-29(12-5-4-6-13-29)18-32-26(34)20-8-7-9-23(20)33-27(35)21-16-25(22(31)17-24(21)38-3)39-19-10-14-30(2,15-11-19)28(36)37/h16-17,19-20,23H,4-15,18H2,1-3H3,(H,32,34)(H,33,35)(H,36,37)/t19-,20-,23+,30+/m0/s1. The second-order valence-electron chi connectivity index (χ2n) is 12.4. The number of carbonyl (C=O) groups is 3. The quantitative estimate of drug-likeness (QED) is 0.391. The number of carboxylic acid groups (broad SMARTS) is 1. The van der Waals surface area contributed by atoms with Gasteiger partial charge < -0.3 is 25.2 Å². The van der Waals surface area contributed by atoms with Gasteiger partial charge in [-0.15, -0.1) is 0 Å². The molecule has 3 aliphatic rings. The molecular weight excluding hydrogens is 503 g/mol. The summed E-state index contributed by atoms with van der Waals surface area (Å²) in [6.07, 6.45) is 9.61. The van der Waals surface area contributed by atoms with Crippen LogP contribution in [-0.2, 0) is 9.59 Å². The molecule has 4 rings (SSSR count). The van der Waals surface area contributed by atoms with Crippen molar-refractivity contribution in [3.05, 3.63) is 23.5 Å². The average Bonchev–Trinajstić information content (AvgIpc) is 3.38. The highest BCUT2D eigenvalue weighted by Gasteiger charge is 2.39. The SMILES string of the molecule is COc1cc(F)c(O[C@H]2CC[C@@](C)(C(=O)O)CC2)cc1C(=O)N[C@@H]1CCC[C@@H]1C(=O)NCC1(C)CCCCC1. The Balaban J connectivity index is 1.40. The molecule has 3 aliphatic carbocycles. The number of ether oxygens (including phenoxy) is 2. The smallest absolute Gasteiger partial charge is 0.309 e. The van der Waals surface area contributed by atoms with E-state index in [1.165, 1.54) is 32.4 Å². The fourth-order valence-electron chi connectivity index (χ4n) is 6.42. The maximum Gasteiger partial charge on any atom is 0.309 e. The summed E-state index contributed by atoms with van der Waals surface area (Å²) in [6, 6.07) is 2.17. The summed E-state index contributed by atoms with van der Waals surface area (Å²) in [6.45, 7) is 4.61. The van der Waals surface area contributed by atoms with Crippen LogP contribution in [0, 0.1) is 22.6 Å². The molecule has 1 aromatic rings. The fourth-order valence-corrected chi connectivity index (χ4v) is 6.42. The van der Waals surface area contributed by atoms with Crippen LogP contribution >= 0.6 is 0 Å². The van der Waals surface area contributed by atoms with Crippen molar-refractivity contribution in [2.75, 3.05) is 13.7 Å². The molecule has 8 nitrogen and oxygen atoms in total. The van der Waals surface area contributed by atoms with E-state index in [0.29, 0.717) is 45.1 Å². The molecule has 3 fully saturated rings. The van der Waals surface area contributed by atoms with E-state index in [0.717, 1.165) is 25.3 Å². The minimum atomic E-state index is -0.836. The summed E-state index contributed by atoms with van der Waals surface area (Å²) in [5.41, 5.74) is -0.532. The molecule has 0 aliphatic heterocycles. The monoisotopic (exact) mass is 546 g/mol. The van der Waals surface area contributed by atoms with Crippen molar-refractivity contribution in [3.63, 3.8) is 0 Å². The van der Waals surface area contributed by atoms with Gasteiger partial charge in [0.2, 0.25) is 5.91 Å². The van der Waals surface area contributed by atoms with Crippen LogP contribution in [0.5, 0.6) is 11.5 Å². The predicted molar refractivity (Wildman–Crippen MR) is 144 cm³/mol. The predicted octanol–water partition coefficient (Wildman–Crippen LogP) is 5.23. The summed E-state index contributed by atoms with van der Waals surface area (Å²) >= 11 is 0. The molecule has 3 saturated carbocycles. The topological polar surface area (TPSA) is 114 Å². The maximum absolute atomic E-state index is 14.9. The molecule has 2 atom stereocenters. The summed E-state index contributed by atoms with van der Waals surface area (Å²) in [4.78, 5) is 38.0. The number of benzene rings is 1. The van der Waals surface area contributed by atoms with E-state index in [9.17, 15) is 23.9 Å². The lowest BCUT2D eigenvalue weighted by Gasteiger charge is -2.34. The van der Waals surface area contributed by atoms with E-state index in [1.807, 2.05) is 0 Å². The Morgan fingerprint density at radius 1 is 0.974 bits per heavy atom. The second kappa shape index (κ2) is 12.1. The number of hydrogen-bond acceptors (Lipinski definition) is 5. The summed E-state index contributed by atoms with van der Waals surface area (Å²) < 4.78 is 26.1. The fraction of sp³-hybridized carbons (Fsp3) is 0.700. The number of aliphatic carboxylic acids is 1. The molecule has 0 aromatic heterocycles. The molecular formula is C30H43FN2O6. The molecule has 39 heavy (non-hydrogen) atoms. The molecule has 2 amide bonds. The van der Waals surface area contributed by atoms with Gasteiger partial charge in [0, 0.05) is 18.7 Å². The Kier molecular flexibility index (Phi) is 9.07. The van der Waals surface area contributed by atoms with Gasteiger partial charge in [-0.3, -0.25) is 14.4 Å². The van der Waals surface area contributed by atoms with Crippen molar-refractivity contribution >= 4 is 17.8 Å². The number of amides is 2.